The minimum Gasteiger partial charge on any atom is -0.363 e. The van der Waals surface area contributed by atoms with Gasteiger partial charge in [-0.15, -0.1) is 0 Å². The SMILES string of the molecule is O=c1[nH]cnc2cnc(NC(Cc3ccccc3)c3ccccc3)cc12. The molecule has 26 heavy (non-hydrogen) atoms. The third kappa shape index (κ3) is 3.47. The van der Waals surface area contributed by atoms with E-state index in [1.807, 2.05) is 36.4 Å². The van der Waals surface area contributed by atoms with E-state index in [0.29, 0.717) is 16.7 Å². The Bertz CT molecular complexity index is 1060. The van der Waals surface area contributed by atoms with E-state index < -0.39 is 0 Å². The number of benzene rings is 2. The largest absolute Gasteiger partial charge is 0.363 e. The molecule has 5 nitrogen and oxygen atoms in total. The number of anilines is 1. The van der Waals surface area contributed by atoms with Crippen molar-refractivity contribution in [3.05, 3.63) is 101 Å². The Hall–Kier alpha value is -3.47. The quantitative estimate of drug-likeness (QED) is 0.580. The zero-order chi connectivity index (χ0) is 17.8. The maximum atomic E-state index is 12.0. The van der Waals surface area contributed by atoms with Crippen molar-refractivity contribution in [1.82, 2.24) is 15.0 Å². The van der Waals surface area contributed by atoms with E-state index in [1.54, 1.807) is 12.3 Å². The Kier molecular flexibility index (Phi) is 4.43. The van der Waals surface area contributed by atoms with E-state index in [0.717, 1.165) is 6.42 Å². The predicted octanol–water partition coefficient (Wildman–Crippen LogP) is 3.71. The molecule has 128 valence electrons. The van der Waals surface area contributed by atoms with Crippen LogP contribution in [0.2, 0.25) is 0 Å². The van der Waals surface area contributed by atoms with Crippen molar-refractivity contribution < 1.29 is 0 Å². The summed E-state index contributed by atoms with van der Waals surface area (Å²) in [6.07, 6.45) is 3.83. The number of aromatic nitrogens is 3. The fourth-order valence-corrected chi connectivity index (χ4v) is 3.02. The first-order valence-electron chi connectivity index (χ1n) is 8.48. The molecule has 1 atom stereocenters. The molecule has 0 aliphatic rings. The lowest BCUT2D eigenvalue weighted by Gasteiger charge is -2.20. The van der Waals surface area contributed by atoms with Crippen LogP contribution in [0.5, 0.6) is 0 Å². The number of H-pyrrole nitrogens is 1. The third-order valence-electron chi connectivity index (χ3n) is 4.33. The zero-order valence-electron chi connectivity index (χ0n) is 14.1. The first-order chi connectivity index (χ1) is 12.8. The van der Waals surface area contributed by atoms with Gasteiger partial charge in [0.1, 0.15) is 5.82 Å². The van der Waals surface area contributed by atoms with E-state index in [4.69, 9.17) is 0 Å². The molecule has 2 N–H and O–H groups in total. The van der Waals surface area contributed by atoms with Gasteiger partial charge < -0.3 is 10.3 Å². The van der Waals surface area contributed by atoms with Crippen molar-refractivity contribution in [2.75, 3.05) is 5.32 Å². The maximum Gasteiger partial charge on any atom is 0.258 e. The number of fused-ring (bicyclic) bond motifs is 1. The maximum absolute atomic E-state index is 12.0. The zero-order valence-corrected chi connectivity index (χ0v) is 14.1. The second-order valence-corrected chi connectivity index (χ2v) is 6.12. The summed E-state index contributed by atoms with van der Waals surface area (Å²) in [6, 6.07) is 22.3. The summed E-state index contributed by atoms with van der Waals surface area (Å²) >= 11 is 0. The van der Waals surface area contributed by atoms with Crippen LogP contribution in [-0.4, -0.2) is 15.0 Å². The highest BCUT2D eigenvalue weighted by atomic mass is 16.1. The Balaban J connectivity index is 1.68. The molecule has 0 spiro atoms. The van der Waals surface area contributed by atoms with Gasteiger partial charge in [-0.05, 0) is 23.6 Å². The highest BCUT2D eigenvalue weighted by Crippen LogP contribution is 2.23. The van der Waals surface area contributed by atoms with Crippen molar-refractivity contribution in [3.8, 4) is 0 Å². The molecule has 2 aromatic carbocycles. The summed E-state index contributed by atoms with van der Waals surface area (Å²) in [4.78, 5) is 23.2. The molecule has 0 amide bonds. The summed E-state index contributed by atoms with van der Waals surface area (Å²) in [6.45, 7) is 0. The summed E-state index contributed by atoms with van der Waals surface area (Å²) in [5.41, 5.74) is 2.81. The molecule has 2 aromatic heterocycles. The van der Waals surface area contributed by atoms with Crippen LogP contribution < -0.4 is 10.9 Å². The summed E-state index contributed by atoms with van der Waals surface area (Å²) in [5, 5.41) is 4.00. The van der Waals surface area contributed by atoms with Crippen LogP contribution >= 0.6 is 0 Å². The molecule has 0 radical (unpaired) electrons. The molecule has 4 aromatic rings. The van der Waals surface area contributed by atoms with Gasteiger partial charge in [-0.1, -0.05) is 60.7 Å². The molecule has 0 bridgehead atoms. The van der Waals surface area contributed by atoms with E-state index >= 15 is 0 Å². The van der Waals surface area contributed by atoms with Gasteiger partial charge in [0.05, 0.1) is 29.5 Å². The average Bonchev–Trinajstić information content (AvgIpc) is 2.70. The van der Waals surface area contributed by atoms with Crippen molar-refractivity contribution in [1.29, 1.82) is 0 Å². The van der Waals surface area contributed by atoms with Gasteiger partial charge in [-0.25, -0.2) is 9.97 Å². The van der Waals surface area contributed by atoms with Gasteiger partial charge in [0.2, 0.25) is 0 Å². The molecule has 2 heterocycles. The highest BCUT2D eigenvalue weighted by Gasteiger charge is 2.13. The second-order valence-electron chi connectivity index (χ2n) is 6.12. The van der Waals surface area contributed by atoms with Gasteiger partial charge >= 0.3 is 0 Å². The molecule has 0 aliphatic heterocycles. The monoisotopic (exact) mass is 342 g/mol. The minimum absolute atomic E-state index is 0.0410. The van der Waals surface area contributed by atoms with E-state index in [2.05, 4.69) is 44.5 Å². The number of rotatable bonds is 5. The van der Waals surface area contributed by atoms with Crippen molar-refractivity contribution >= 4 is 16.7 Å². The molecule has 1 unspecified atom stereocenters. The molecule has 0 fully saturated rings. The van der Waals surface area contributed by atoms with Crippen LogP contribution in [0.3, 0.4) is 0 Å². The number of hydrogen-bond donors (Lipinski definition) is 2. The van der Waals surface area contributed by atoms with Gasteiger partial charge in [0.25, 0.3) is 5.56 Å². The normalized spacial score (nSPS) is 12.0. The van der Waals surface area contributed by atoms with E-state index in [9.17, 15) is 4.79 Å². The lowest BCUT2D eigenvalue weighted by atomic mass is 9.99. The third-order valence-corrected chi connectivity index (χ3v) is 4.33. The summed E-state index contributed by atoms with van der Waals surface area (Å²) in [7, 11) is 0. The lowest BCUT2D eigenvalue weighted by Crippen LogP contribution is -2.15. The van der Waals surface area contributed by atoms with Gasteiger partial charge in [0, 0.05) is 0 Å². The van der Waals surface area contributed by atoms with Crippen LogP contribution in [0.1, 0.15) is 17.2 Å². The Morgan fingerprint density at radius 3 is 2.46 bits per heavy atom. The van der Waals surface area contributed by atoms with Gasteiger partial charge in [0.15, 0.2) is 0 Å². The van der Waals surface area contributed by atoms with Gasteiger partial charge in [-0.3, -0.25) is 4.79 Å². The van der Waals surface area contributed by atoms with Gasteiger partial charge in [-0.2, -0.15) is 0 Å². The van der Waals surface area contributed by atoms with Crippen molar-refractivity contribution in [3.63, 3.8) is 0 Å². The fourth-order valence-electron chi connectivity index (χ4n) is 3.02. The minimum atomic E-state index is -0.167. The first kappa shape index (κ1) is 16.0. The standard InChI is InChI=1S/C21H18N4O/c26-21-17-12-20(22-13-19(17)23-14-24-21)25-18(16-9-5-2-6-10-16)11-15-7-3-1-4-8-15/h1-10,12-14,18H,11H2,(H,22,25)(H,23,24,26). The predicted molar refractivity (Wildman–Crippen MR) is 103 cm³/mol. The molecular formula is C21H18N4O. The molecule has 0 saturated carbocycles. The van der Waals surface area contributed by atoms with E-state index in [-0.39, 0.29) is 11.6 Å². The molecule has 0 aliphatic carbocycles. The van der Waals surface area contributed by atoms with Crippen LogP contribution in [0.25, 0.3) is 10.9 Å². The average molecular weight is 342 g/mol. The Morgan fingerprint density at radius 1 is 0.962 bits per heavy atom. The topological polar surface area (TPSA) is 70.7 Å². The molecule has 4 rings (SSSR count). The fraction of sp³-hybridized carbons (Fsp3) is 0.0952. The van der Waals surface area contributed by atoms with Crippen LogP contribution in [-0.2, 0) is 6.42 Å². The summed E-state index contributed by atoms with van der Waals surface area (Å²) < 4.78 is 0. The smallest absolute Gasteiger partial charge is 0.258 e. The Labute approximate surface area is 150 Å². The summed E-state index contributed by atoms with van der Waals surface area (Å²) in [5.74, 6) is 0.654. The second kappa shape index (κ2) is 7.19. The number of aromatic amines is 1. The highest BCUT2D eigenvalue weighted by molar-refractivity contribution is 5.79. The van der Waals surface area contributed by atoms with Crippen LogP contribution in [0, 0.1) is 0 Å². The number of hydrogen-bond acceptors (Lipinski definition) is 4. The lowest BCUT2D eigenvalue weighted by molar-refractivity contribution is 0.770. The number of nitrogens with zero attached hydrogens (tertiary/aromatic N) is 2. The van der Waals surface area contributed by atoms with Crippen molar-refractivity contribution in [2.45, 2.75) is 12.5 Å². The van der Waals surface area contributed by atoms with Crippen LogP contribution in [0.15, 0.2) is 84.0 Å². The Morgan fingerprint density at radius 2 is 1.69 bits per heavy atom. The van der Waals surface area contributed by atoms with E-state index in [1.165, 1.54) is 17.5 Å². The number of pyridine rings is 1. The van der Waals surface area contributed by atoms with Crippen LogP contribution in [0.4, 0.5) is 5.82 Å². The van der Waals surface area contributed by atoms with Crippen molar-refractivity contribution in [2.24, 2.45) is 0 Å². The molecule has 5 heteroatoms. The first-order valence-corrected chi connectivity index (χ1v) is 8.48. The number of nitrogens with one attached hydrogen (secondary N) is 2. The molecule has 0 saturated heterocycles. The molecular weight excluding hydrogens is 324 g/mol.